The van der Waals surface area contributed by atoms with E-state index in [0.717, 1.165) is 22.0 Å². The molecule has 0 spiro atoms. The smallest absolute Gasteiger partial charge is 0.341 e. The van der Waals surface area contributed by atoms with Crippen molar-refractivity contribution in [3.63, 3.8) is 0 Å². The maximum atomic E-state index is 12.0. The summed E-state index contributed by atoms with van der Waals surface area (Å²) in [4.78, 5) is 33.9. The molecule has 0 aromatic heterocycles. The molecule has 1 aliphatic rings. The van der Waals surface area contributed by atoms with Crippen molar-refractivity contribution >= 4 is 33.8 Å². The normalized spacial score (nSPS) is 15.2. The number of carboxylic acid groups (broad SMARTS) is 1. The molecule has 0 radical (unpaired) electrons. The Kier molecular flexibility index (Phi) is 6.19. The Labute approximate surface area is 152 Å². The van der Waals surface area contributed by atoms with Crippen LogP contribution in [0.15, 0.2) is 28.8 Å². The Morgan fingerprint density at radius 3 is 2.72 bits per heavy atom. The van der Waals surface area contributed by atoms with E-state index in [-0.39, 0.29) is 12.0 Å². The van der Waals surface area contributed by atoms with Gasteiger partial charge in [-0.05, 0) is 52.0 Å². The van der Waals surface area contributed by atoms with E-state index in [1.54, 1.807) is 7.11 Å². The predicted molar refractivity (Wildman–Crippen MR) is 90.2 cm³/mol. The van der Waals surface area contributed by atoms with Crippen LogP contribution in [-0.2, 0) is 30.3 Å². The van der Waals surface area contributed by atoms with Crippen LogP contribution in [-0.4, -0.2) is 36.7 Å². The molecule has 8 heteroatoms. The molecule has 0 saturated heterocycles. The summed E-state index contributed by atoms with van der Waals surface area (Å²) < 4.78 is 16.0. The van der Waals surface area contributed by atoms with Gasteiger partial charge in [0.2, 0.25) is 0 Å². The third kappa shape index (κ3) is 4.82. The van der Waals surface area contributed by atoms with Crippen LogP contribution in [0.25, 0.3) is 0 Å². The first-order valence-corrected chi connectivity index (χ1v) is 8.23. The Hall–Kier alpha value is -2.35. The molecule has 1 N–H and O–H groups in total. The van der Waals surface area contributed by atoms with Crippen LogP contribution in [0.4, 0.5) is 0 Å². The molecule has 1 aliphatic carbocycles. The van der Waals surface area contributed by atoms with Crippen molar-refractivity contribution in [3.05, 3.63) is 39.9 Å². The fourth-order valence-corrected chi connectivity index (χ4v) is 3.08. The van der Waals surface area contributed by atoms with Crippen LogP contribution >= 0.6 is 15.9 Å². The molecule has 1 aromatic rings. The number of aliphatic carboxylic acids is 1. The third-order valence-corrected chi connectivity index (χ3v) is 4.30. The number of rotatable bonds is 7. The van der Waals surface area contributed by atoms with Crippen molar-refractivity contribution < 1.29 is 33.7 Å². The van der Waals surface area contributed by atoms with Gasteiger partial charge in [-0.1, -0.05) is 6.58 Å². The molecule has 134 valence electrons. The number of esters is 2. The van der Waals surface area contributed by atoms with Crippen LogP contribution in [0.3, 0.4) is 0 Å². The molecule has 0 aliphatic heterocycles. The maximum Gasteiger partial charge on any atom is 0.341 e. The second kappa shape index (κ2) is 8.15. The van der Waals surface area contributed by atoms with Gasteiger partial charge in [0.1, 0.15) is 11.9 Å². The topological polar surface area (TPSA) is 99.1 Å². The number of ether oxygens (including phenoxy) is 3. The first kappa shape index (κ1) is 19.0. The molecule has 0 saturated carbocycles. The molecule has 0 heterocycles. The molecular weight excluding hydrogens is 396 g/mol. The van der Waals surface area contributed by atoms with Gasteiger partial charge in [0, 0.05) is 5.57 Å². The number of carboxylic acids is 1. The van der Waals surface area contributed by atoms with Gasteiger partial charge in [-0.25, -0.2) is 9.59 Å². The number of fused-ring (bicyclic) bond motifs is 1. The zero-order valence-corrected chi connectivity index (χ0v) is 15.1. The molecule has 1 aromatic carbocycles. The van der Waals surface area contributed by atoms with E-state index in [2.05, 4.69) is 27.2 Å². The molecule has 7 nitrogen and oxygen atoms in total. The summed E-state index contributed by atoms with van der Waals surface area (Å²) in [5.41, 5.74) is 1.77. The van der Waals surface area contributed by atoms with Gasteiger partial charge in [-0.15, -0.1) is 0 Å². The van der Waals surface area contributed by atoms with E-state index in [1.807, 2.05) is 12.1 Å². The second-order valence-electron chi connectivity index (χ2n) is 5.45. The Morgan fingerprint density at radius 2 is 2.08 bits per heavy atom. The number of carbonyl (C=O) groups is 3. The molecule has 0 bridgehead atoms. The summed E-state index contributed by atoms with van der Waals surface area (Å²) in [5, 5.41) is 8.46. The Morgan fingerprint density at radius 1 is 1.36 bits per heavy atom. The van der Waals surface area contributed by atoms with Crippen LogP contribution in [0.2, 0.25) is 0 Å². The van der Waals surface area contributed by atoms with Crippen molar-refractivity contribution in [1.29, 1.82) is 0 Å². The lowest BCUT2D eigenvalue weighted by molar-refractivity contribution is -0.154. The molecule has 25 heavy (non-hydrogen) atoms. The fraction of sp³-hybridized carbons (Fsp3) is 0.353. The Balaban J connectivity index is 1.96. The van der Waals surface area contributed by atoms with Gasteiger partial charge in [0.25, 0.3) is 0 Å². The van der Waals surface area contributed by atoms with Gasteiger partial charge in [-0.2, -0.15) is 0 Å². The first-order chi connectivity index (χ1) is 11.8. The zero-order chi connectivity index (χ0) is 18.6. The molecule has 1 unspecified atom stereocenters. The highest BCUT2D eigenvalue weighted by atomic mass is 79.9. The number of methoxy groups -OCH3 is 1. The number of hydrogen-bond donors (Lipinski definition) is 1. The predicted octanol–water partition coefficient (Wildman–Crippen LogP) is 2.56. The molecule has 1 atom stereocenters. The lowest BCUT2D eigenvalue weighted by atomic mass is 10.1. The van der Waals surface area contributed by atoms with Crippen LogP contribution in [0, 0.1) is 0 Å². The summed E-state index contributed by atoms with van der Waals surface area (Å²) in [6.45, 7) is 2.66. The van der Waals surface area contributed by atoms with Crippen molar-refractivity contribution in [2.45, 2.75) is 25.4 Å². The van der Waals surface area contributed by atoms with E-state index in [9.17, 15) is 14.4 Å². The van der Waals surface area contributed by atoms with E-state index in [4.69, 9.17) is 14.6 Å². The molecule has 0 amide bonds. The molecule has 0 fully saturated rings. The highest BCUT2D eigenvalue weighted by Gasteiger charge is 2.28. The minimum Gasteiger partial charge on any atom is -0.496 e. The standard InChI is InChI=1S/C17H17BrO7/c1-9(17(22)24-8-15(19)20)5-16(21)25-13-4-3-10-6-12(18)14(23-2)7-11(10)13/h6-7,13H,1,3-5,8H2,2H3,(H,19,20). The van der Waals surface area contributed by atoms with Gasteiger partial charge < -0.3 is 19.3 Å². The van der Waals surface area contributed by atoms with Gasteiger partial charge in [-0.3, -0.25) is 4.79 Å². The number of benzene rings is 1. The van der Waals surface area contributed by atoms with Crippen LogP contribution in [0.1, 0.15) is 30.1 Å². The van der Waals surface area contributed by atoms with Crippen molar-refractivity contribution in [1.82, 2.24) is 0 Å². The van der Waals surface area contributed by atoms with E-state index >= 15 is 0 Å². The van der Waals surface area contributed by atoms with E-state index in [0.29, 0.717) is 12.2 Å². The summed E-state index contributed by atoms with van der Waals surface area (Å²) in [6, 6.07) is 3.75. The number of aryl methyl sites for hydroxylation is 1. The number of hydrogen-bond acceptors (Lipinski definition) is 6. The number of halogens is 1. The zero-order valence-electron chi connectivity index (χ0n) is 13.5. The first-order valence-electron chi connectivity index (χ1n) is 7.44. The molecule has 2 rings (SSSR count). The maximum absolute atomic E-state index is 12.0. The third-order valence-electron chi connectivity index (χ3n) is 3.68. The summed E-state index contributed by atoms with van der Waals surface area (Å²) in [7, 11) is 1.55. The Bertz CT molecular complexity index is 726. The van der Waals surface area contributed by atoms with Crippen molar-refractivity contribution in [3.8, 4) is 5.75 Å². The van der Waals surface area contributed by atoms with Crippen LogP contribution < -0.4 is 4.74 Å². The van der Waals surface area contributed by atoms with Gasteiger partial charge in [0.05, 0.1) is 18.0 Å². The highest BCUT2D eigenvalue weighted by molar-refractivity contribution is 9.10. The largest absolute Gasteiger partial charge is 0.496 e. The minimum absolute atomic E-state index is 0.155. The lowest BCUT2D eigenvalue weighted by Crippen LogP contribution is -2.17. The van der Waals surface area contributed by atoms with Gasteiger partial charge >= 0.3 is 17.9 Å². The lowest BCUT2D eigenvalue weighted by Gasteiger charge is -2.15. The highest BCUT2D eigenvalue weighted by Crippen LogP contribution is 2.40. The summed E-state index contributed by atoms with van der Waals surface area (Å²) >= 11 is 3.42. The average molecular weight is 413 g/mol. The fourth-order valence-electron chi connectivity index (χ4n) is 2.52. The number of carbonyl (C=O) groups excluding carboxylic acids is 2. The van der Waals surface area contributed by atoms with Crippen molar-refractivity contribution in [2.75, 3.05) is 13.7 Å². The average Bonchev–Trinajstić information content (AvgIpc) is 2.92. The van der Waals surface area contributed by atoms with Crippen LogP contribution in [0.5, 0.6) is 5.75 Å². The monoisotopic (exact) mass is 412 g/mol. The summed E-state index contributed by atoms with van der Waals surface area (Å²) in [5.74, 6) is -2.21. The summed E-state index contributed by atoms with van der Waals surface area (Å²) in [6.07, 6.45) is 0.610. The van der Waals surface area contributed by atoms with E-state index in [1.165, 1.54) is 0 Å². The molecular formula is C17H17BrO7. The quantitative estimate of drug-likeness (QED) is 0.542. The van der Waals surface area contributed by atoms with E-state index < -0.39 is 30.6 Å². The van der Waals surface area contributed by atoms with Crippen molar-refractivity contribution in [2.24, 2.45) is 0 Å². The second-order valence-corrected chi connectivity index (χ2v) is 6.31. The SMILES string of the molecule is C=C(CC(=O)OC1CCc2cc(Br)c(OC)cc21)C(=O)OCC(=O)O. The minimum atomic E-state index is -1.29. The van der Waals surface area contributed by atoms with Gasteiger partial charge in [0.15, 0.2) is 6.61 Å².